The van der Waals surface area contributed by atoms with E-state index in [1.165, 1.54) is 0 Å². The molecule has 1 N–H and O–H groups in total. The van der Waals surface area contributed by atoms with Crippen LogP contribution in [0.15, 0.2) is 151 Å². The van der Waals surface area contributed by atoms with E-state index in [1.807, 2.05) is 80.3 Å². The molecule has 0 spiro atoms. The van der Waals surface area contributed by atoms with Gasteiger partial charge in [-0.25, -0.2) is 0 Å². The summed E-state index contributed by atoms with van der Waals surface area (Å²) in [6.45, 7) is 5.91. The highest BCUT2D eigenvalue weighted by molar-refractivity contribution is 7.63. The van der Waals surface area contributed by atoms with Gasteiger partial charge in [-0.2, -0.15) is 13.2 Å². The number of thiophene rings is 1. The van der Waals surface area contributed by atoms with Gasteiger partial charge in [0.1, 0.15) is 5.75 Å². The summed E-state index contributed by atoms with van der Waals surface area (Å²) in [6.07, 6.45) is -4.55. The molecule has 0 aliphatic heterocycles. The molecular formula is C46H36F3OPSSi. The van der Waals surface area contributed by atoms with Gasteiger partial charge in [-0.05, 0) is 92.3 Å². The fraction of sp³-hybridized carbons (Fsp3) is 0.0870. The van der Waals surface area contributed by atoms with E-state index in [-0.39, 0.29) is 14.3 Å². The van der Waals surface area contributed by atoms with Gasteiger partial charge in [0.05, 0.1) is 13.6 Å². The third-order valence-electron chi connectivity index (χ3n) is 9.81. The third kappa shape index (κ3) is 6.61. The number of phenols is 1. The SMILES string of the molecule is C[Si](C)(C)c1cc(C(F)(F)F)cc(Pc2scc(-c3c(-c4ccccc4)cccc3-c3ccccc3)c2-c2c3ccccc3cc3ccccc23)c1O. The molecule has 8 aromatic rings. The standard InChI is InChI=1S/C46H36F3OPSSi/c1-53(2,3)40-27-33(46(47,48)49)26-39(44(40)50)51-45-43(42-36-21-12-10-19-31(36)25-32-20-11-13-22-37(32)42)38(28-52-45)41-34(29-15-6-4-7-16-29)23-14-24-35(41)30-17-8-5-9-18-30/h4-28,50-51H,1-3H3. The largest absolute Gasteiger partial charge is 0.507 e. The minimum Gasteiger partial charge on any atom is -0.507 e. The number of benzene rings is 7. The van der Waals surface area contributed by atoms with Crippen LogP contribution in [0.1, 0.15) is 5.56 Å². The highest BCUT2D eigenvalue weighted by atomic mass is 32.1. The van der Waals surface area contributed by atoms with Crippen LogP contribution >= 0.6 is 19.9 Å². The topological polar surface area (TPSA) is 20.2 Å². The second-order valence-corrected chi connectivity index (χ2v) is 21.9. The molecule has 0 fully saturated rings. The Hall–Kier alpha value is -5.00. The quantitative estimate of drug-likeness (QED) is 0.0976. The van der Waals surface area contributed by atoms with Crippen molar-refractivity contribution in [1.82, 2.24) is 0 Å². The van der Waals surface area contributed by atoms with Crippen molar-refractivity contribution in [3.8, 4) is 50.3 Å². The van der Waals surface area contributed by atoms with E-state index < -0.39 is 19.8 Å². The summed E-state index contributed by atoms with van der Waals surface area (Å²) in [5.74, 6) is -0.0196. The maximum absolute atomic E-state index is 14.5. The van der Waals surface area contributed by atoms with Crippen LogP contribution in [0.5, 0.6) is 5.75 Å². The molecule has 0 radical (unpaired) electrons. The fourth-order valence-corrected chi connectivity index (χ4v) is 11.5. The summed E-state index contributed by atoms with van der Waals surface area (Å²) in [7, 11) is -2.59. The Bertz CT molecular complexity index is 2510. The van der Waals surface area contributed by atoms with Gasteiger partial charge in [-0.15, -0.1) is 11.3 Å². The summed E-state index contributed by atoms with van der Waals surface area (Å²) < 4.78 is 44.3. The monoisotopic (exact) mass is 752 g/mol. The number of hydrogen-bond donors (Lipinski definition) is 1. The Morgan fingerprint density at radius 2 is 1.09 bits per heavy atom. The molecule has 7 aromatic carbocycles. The highest BCUT2D eigenvalue weighted by Gasteiger charge is 2.35. The van der Waals surface area contributed by atoms with Crippen molar-refractivity contribution in [3.63, 3.8) is 0 Å². The van der Waals surface area contributed by atoms with E-state index in [0.29, 0.717) is 10.5 Å². The Morgan fingerprint density at radius 1 is 0.566 bits per heavy atom. The van der Waals surface area contributed by atoms with Crippen LogP contribution in [0.3, 0.4) is 0 Å². The minimum absolute atomic E-state index is 0.0196. The first-order valence-electron chi connectivity index (χ1n) is 17.5. The summed E-state index contributed by atoms with van der Waals surface area (Å²) in [5.41, 5.74) is 7.63. The number of fused-ring (bicyclic) bond motifs is 2. The molecule has 8 rings (SSSR count). The highest BCUT2D eigenvalue weighted by Crippen LogP contribution is 2.49. The summed E-state index contributed by atoms with van der Waals surface area (Å²) >= 11 is 1.55. The van der Waals surface area contributed by atoms with Crippen LogP contribution < -0.4 is 15.1 Å². The molecule has 1 nitrogen and oxygen atoms in total. The molecule has 1 unspecified atom stereocenters. The third-order valence-corrected chi connectivity index (χ3v) is 14.4. The van der Waals surface area contributed by atoms with Crippen molar-refractivity contribution >= 4 is 64.6 Å². The molecule has 0 amide bonds. The molecule has 0 saturated carbocycles. The molecule has 0 bridgehead atoms. The molecule has 1 heterocycles. The fourth-order valence-electron chi connectivity index (χ4n) is 7.31. The van der Waals surface area contributed by atoms with Crippen LogP contribution in [0.2, 0.25) is 19.6 Å². The molecule has 0 aliphatic carbocycles. The Morgan fingerprint density at radius 3 is 1.62 bits per heavy atom. The molecule has 7 heteroatoms. The van der Waals surface area contributed by atoms with E-state index in [4.69, 9.17) is 0 Å². The van der Waals surface area contributed by atoms with E-state index in [1.54, 1.807) is 11.3 Å². The number of hydrogen-bond acceptors (Lipinski definition) is 2. The molecule has 0 saturated heterocycles. The second kappa shape index (κ2) is 13.8. The molecule has 1 aromatic heterocycles. The predicted molar refractivity (Wildman–Crippen MR) is 225 cm³/mol. The normalized spacial score (nSPS) is 12.3. The minimum atomic E-state index is -4.55. The van der Waals surface area contributed by atoms with Crippen molar-refractivity contribution in [1.29, 1.82) is 0 Å². The van der Waals surface area contributed by atoms with Crippen molar-refractivity contribution in [2.75, 3.05) is 0 Å². The Labute approximate surface area is 314 Å². The predicted octanol–water partition coefficient (Wildman–Crippen LogP) is 12.6. The lowest BCUT2D eigenvalue weighted by molar-refractivity contribution is -0.137. The van der Waals surface area contributed by atoms with E-state index >= 15 is 0 Å². The average molecular weight is 753 g/mol. The Balaban J connectivity index is 1.50. The van der Waals surface area contributed by atoms with Gasteiger partial charge in [0, 0.05) is 21.0 Å². The van der Waals surface area contributed by atoms with Gasteiger partial charge in [0.15, 0.2) is 0 Å². The van der Waals surface area contributed by atoms with Crippen LogP contribution in [0.25, 0.3) is 66.1 Å². The second-order valence-electron chi connectivity index (χ2n) is 14.3. The summed E-state index contributed by atoms with van der Waals surface area (Å²) in [5, 5.41) is 19.0. The van der Waals surface area contributed by atoms with Gasteiger partial charge in [0.25, 0.3) is 0 Å². The number of phenolic OH excluding ortho intramolecular Hbond substituents is 1. The van der Waals surface area contributed by atoms with E-state index in [2.05, 4.69) is 78.2 Å². The number of alkyl halides is 3. The van der Waals surface area contributed by atoms with Gasteiger partial charge >= 0.3 is 6.18 Å². The number of rotatable bonds is 7. The first-order chi connectivity index (χ1) is 25.5. The zero-order valence-corrected chi connectivity index (χ0v) is 32.2. The number of aromatic hydroxyl groups is 1. The van der Waals surface area contributed by atoms with Crippen molar-refractivity contribution in [2.45, 2.75) is 25.8 Å². The van der Waals surface area contributed by atoms with Gasteiger partial charge < -0.3 is 5.11 Å². The molecule has 1 atom stereocenters. The lowest BCUT2D eigenvalue weighted by Crippen LogP contribution is -2.40. The Kier molecular flexibility index (Phi) is 9.10. The lowest BCUT2D eigenvalue weighted by Gasteiger charge is -2.23. The zero-order chi connectivity index (χ0) is 36.9. The summed E-state index contributed by atoms with van der Waals surface area (Å²) in [6, 6.07) is 48.3. The summed E-state index contributed by atoms with van der Waals surface area (Å²) in [4.78, 5) is 0. The van der Waals surface area contributed by atoms with Crippen LogP contribution in [-0.4, -0.2) is 13.2 Å². The molecular weight excluding hydrogens is 717 g/mol. The van der Waals surface area contributed by atoms with Crippen molar-refractivity contribution < 1.29 is 18.3 Å². The number of halogens is 3. The zero-order valence-electron chi connectivity index (χ0n) is 29.4. The van der Waals surface area contributed by atoms with Crippen molar-refractivity contribution in [2.24, 2.45) is 0 Å². The lowest BCUT2D eigenvalue weighted by atomic mass is 9.84. The molecule has 262 valence electrons. The molecule has 53 heavy (non-hydrogen) atoms. The van der Waals surface area contributed by atoms with Gasteiger partial charge in [0.2, 0.25) is 0 Å². The maximum Gasteiger partial charge on any atom is 0.416 e. The van der Waals surface area contributed by atoms with Crippen LogP contribution in [0, 0.1) is 0 Å². The van der Waals surface area contributed by atoms with Gasteiger partial charge in [-0.1, -0.05) is 147 Å². The van der Waals surface area contributed by atoms with Crippen molar-refractivity contribution in [3.05, 3.63) is 157 Å². The maximum atomic E-state index is 14.5. The first kappa shape index (κ1) is 35.0. The van der Waals surface area contributed by atoms with E-state index in [0.717, 1.165) is 82.8 Å². The van der Waals surface area contributed by atoms with E-state index in [9.17, 15) is 18.3 Å². The van der Waals surface area contributed by atoms with Crippen LogP contribution in [0.4, 0.5) is 13.2 Å². The first-order valence-corrected chi connectivity index (χ1v) is 22.9. The smallest absolute Gasteiger partial charge is 0.416 e. The van der Waals surface area contributed by atoms with Gasteiger partial charge in [-0.3, -0.25) is 0 Å². The average Bonchev–Trinajstić information content (AvgIpc) is 3.56. The van der Waals surface area contributed by atoms with Crippen LogP contribution in [-0.2, 0) is 6.18 Å². The molecule has 0 aliphatic rings.